The molecule has 1 amide bonds. The Bertz CT molecular complexity index is 660. The van der Waals surface area contributed by atoms with Gasteiger partial charge in [-0.05, 0) is 34.7 Å². The SMILES string of the molecule is CC(C)(C)c1ccc(OCC(=O)NCc2ccccc2Cl)cc1. The molecule has 3 nitrogen and oxygen atoms in total. The van der Waals surface area contributed by atoms with Crippen LogP contribution < -0.4 is 10.1 Å². The standard InChI is InChI=1S/C19H22ClNO2/c1-19(2,3)15-8-10-16(11-9-15)23-13-18(22)21-12-14-6-4-5-7-17(14)20/h4-11H,12-13H2,1-3H3,(H,21,22). The van der Waals surface area contributed by atoms with Gasteiger partial charge in [0.2, 0.25) is 0 Å². The molecule has 0 atom stereocenters. The van der Waals surface area contributed by atoms with E-state index in [1.54, 1.807) is 6.07 Å². The van der Waals surface area contributed by atoms with Gasteiger partial charge in [-0.15, -0.1) is 0 Å². The molecule has 0 aliphatic carbocycles. The Labute approximate surface area is 142 Å². The van der Waals surface area contributed by atoms with Gasteiger partial charge in [-0.3, -0.25) is 4.79 Å². The first-order valence-electron chi connectivity index (χ1n) is 7.60. The molecule has 0 unspecified atom stereocenters. The Morgan fingerprint density at radius 2 is 1.74 bits per heavy atom. The zero-order valence-electron chi connectivity index (χ0n) is 13.7. The molecule has 0 aromatic heterocycles. The first kappa shape index (κ1) is 17.4. The number of hydrogen-bond acceptors (Lipinski definition) is 2. The molecule has 2 aromatic rings. The summed E-state index contributed by atoms with van der Waals surface area (Å²) in [5, 5.41) is 3.44. The van der Waals surface area contributed by atoms with Gasteiger partial charge in [0, 0.05) is 11.6 Å². The highest BCUT2D eigenvalue weighted by Crippen LogP contribution is 2.24. The van der Waals surface area contributed by atoms with Gasteiger partial charge < -0.3 is 10.1 Å². The van der Waals surface area contributed by atoms with E-state index in [-0.39, 0.29) is 17.9 Å². The Kier molecular flexibility index (Phi) is 5.67. The van der Waals surface area contributed by atoms with E-state index in [2.05, 4.69) is 26.1 Å². The number of carbonyl (C=O) groups excluding carboxylic acids is 1. The van der Waals surface area contributed by atoms with Crippen LogP contribution in [0.15, 0.2) is 48.5 Å². The maximum absolute atomic E-state index is 11.8. The fourth-order valence-corrected chi connectivity index (χ4v) is 2.29. The van der Waals surface area contributed by atoms with Gasteiger partial charge in [-0.1, -0.05) is 62.7 Å². The highest BCUT2D eigenvalue weighted by molar-refractivity contribution is 6.31. The van der Waals surface area contributed by atoms with E-state index in [0.29, 0.717) is 17.3 Å². The first-order chi connectivity index (χ1) is 10.9. The highest BCUT2D eigenvalue weighted by atomic mass is 35.5. The minimum absolute atomic E-state index is 0.0146. The van der Waals surface area contributed by atoms with Crippen LogP contribution in [0.25, 0.3) is 0 Å². The van der Waals surface area contributed by atoms with Gasteiger partial charge in [0.05, 0.1) is 0 Å². The van der Waals surface area contributed by atoms with Crippen LogP contribution in [0, 0.1) is 0 Å². The Morgan fingerprint density at radius 1 is 1.09 bits per heavy atom. The Morgan fingerprint density at radius 3 is 2.35 bits per heavy atom. The van der Waals surface area contributed by atoms with E-state index >= 15 is 0 Å². The van der Waals surface area contributed by atoms with Crippen LogP contribution in [-0.4, -0.2) is 12.5 Å². The second kappa shape index (κ2) is 7.51. The number of halogens is 1. The van der Waals surface area contributed by atoms with Crippen molar-refractivity contribution in [3.63, 3.8) is 0 Å². The molecule has 0 radical (unpaired) electrons. The minimum atomic E-state index is -0.176. The molecule has 0 aliphatic heterocycles. The number of carbonyl (C=O) groups is 1. The zero-order chi connectivity index (χ0) is 16.9. The molecule has 0 heterocycles. The summed E-state index contributed by atoms with van der Waals surface area (Å²) < 4.78 is 5.51. The number of rotatable bonds is 5. The molecule has 23 heavy (non-hydrogen) atoms. The highest BCUT2D eigenvalue weighted by Gasteiger charge is 2.13. The second-order valence-corrected chi connectivity index (χ2v) is 6.84. The summed E-state index contributed by atoms with van der Waals surface area (Å²) in [7, 11) is 0. The summed E-state index contributed by atoms with van der Waals surface area (Å²) in [4.78, 5) is 11.8. The average molecular weight is 332 g/mol. The normalized spacial score (nSPS) is 11.1. The van der Waals surface area contributed by atoms with Crippen molar-refractivity contribution >= 4 is 17.5 Å². The summed E-state index contributed by atoms with van der Waals surface area (Å²) in [5.41, 5.74) is 2.22. The monoisotopic (exact) mass is 331 g/mol. The lowest BCUT2D eigenvalue weighted by atomic mass is 9.87. The molecular weight excluding hydrogens is 310 g/mol. The largest absolute Gasteiger partial charge is 0.484 e. The van der Waals surface area contributed by atoms with Crippen molar-refractivity contribution in [2.24, 2.45) is 0 Å². The summed E-state index contributed by atoms with van der Waals surface area (Å²) >= 11 is 6.05. The van der Waals surface area contributed by atoms with Crippen LogP contribution in [0.5, 0.6) is 5.75 Å². The van der Waals surface area contributed by atoms with Crippen LogP contribution in [0.2, 0.25) is 5.02 Å². The summed E-state index contributed by atoms with van der Waals surface area (Å²) in [6.45, 7) is 6.85. The van der Waals surface area contributed by atoms with E-state index in [1.807, 2.05) is 42.5 Å². The van der Waals surface area contributed by atoms with Crippen molar-refractivity contribution in [1.82, 2.24) is 5.32 Å². The van der Waals surface area contributed by atoms with Crippen molar-refractivity contribution in [1.29, 1.82) is 0 Å². The number of nitrogens with one attached hydrogen (secondary N) is 1. The van der Waals surface area contributed by atoms with E-state index in [4.69, 9.17) is 16.3 Å². The van der Waals surface area contributed by atoms with Crippen LogP contribution in [0.4, 0.5) is 0 Å². The van der Waals surface area contributed by atoms with Crippen LogP contribution >= 0.6 is 11.6 Å². The fraction of sp³-hybridized carbons (Fsp3) is 0.316. The van der Waals surface area contributed by atoms with Crippen molar-refractivity contribution in [3.05, 3.63) is 64.7 Å². The van der Waals surface area contributed by atoms with Crippen LogP contribution in [0.3, 0.4) is 0 Å². The lowest BCUT2D eigenvalue weighted by Gasteiger charge is -2.19. The molecule has 2 rings (SSSR count). The van der Waals surface area contributed by atoms with Gasteiger partial charge in [0.15, 0.2) is 6.61 Å². The number of amides is 1. The lowest BCUT2D eigenvalue weighted by Crippen LogP contribution is -2.28. The molecule has 0 bridgehead atoms. The molecular formula is C19H22ClNO2. The zero-order valence-corrected chi connectivity index (χ0v) is 14.5. The Hall–Kier alpha value is -2.00. The van der Waals surface area contributed by atoms with E-state index in [0.717, 1.165) is 5.56 Å². The van der Waals surface area contributed by atoms with Crippen molar-refractivity contribution < 1.29 is 9.53 Å². The Balaban J connectivity index is 1.81. The van der Waals surface area contributed by atoms with E-state index in [1.165, 1.54) is 5.56 Å². The predicted octanol–water partition coefficient (Wildman–Crippen LogP) is 4.33. The van der Waals surface area contributed by atoms with Crippen LogP contribution in [0.1, 0.15) is 31.9 Å². The molecule has 122 valence electrons. The maximum Gasteiger partial charge on any atom is 0.258 e. The van der Waals surface area contributed by atoms with E-state index < -0.39 is 0 Å². The molecule has 0 aliphatic rings. The number of ether oxygens (including phenoxy) is 1. The maximum atomic E-state index is 11.8. The minimum Gasteiger partial charge on any atom is -0.484 e. The van der Waals surface area contributed by atoms with Crippen molar-refractivity contribution in [2.75, 3.05) is 6.61 Å². The number of benzene rings is 2. The molecule has 1 N–H and O–H groups in total. The number of hydrogen-bond donors (Lipinski definition) is 1. The van der Waals surface area contributed by atoms with Gasteiger partial charge in [-0.2, -0.15) is 0 Å². The topological polar surface area (TPSA) is 38.3 Å². The quantitative estimate of drug-likeness (QED) is 0.885. The van der Waals surface area contributed by atoms with E-state index in [9.17, 15) is 4.79 Å². The van der Waals surface area contributed by atoms with Gasteiger partial charge in [0.25, 0.3) is 5.91 Å². The second-order valence-electron chi connectivity index (χ2n) is 6.43. The van der Waals surface area contributed by atoms with Crippen LogP contribution in [-0.2, 0) is 16.8 Å². The van der Waals surface area contributed by atoms with Gasteiger partial charge >= 0.3 is 0 Å². The van der Waals surface area contributed by atoms with Gasteiger partial charge in [-0.25, -0.2) is 0 Å². The summed E-state index contributed by atoms with van der Waals surface area (Å²) in [6.07, 6.45) is 0. The van der Waals surface area contributed by atoms with Gasteiger partial charge in [0.1, 0.15) is 5.75 Å². The molecule has 0 spiro atoms. The summed E-state index contributed by atoms with van der Waals surface area (Å²) in [5.74, 6) is 0.510. The smallest absolute Gasteiger partial charge is 0.258 e. The average Bonchev–Trinajstić information content (AvgIpc) is 2.51. The molecule has 2 aromatic carbocycles. The lowest BCUT2D eigenvalue weighted by molar-refractivity contribution is -0.123. The van der Waals surface area contributed by atoms with Crippen molar-refractivity contribution in [3.8, 4) is 5.75 Å². The third kappa shape index (κ3) is 5.29. The fourth-order valence-electron chi connectivity index (χ4n) is 2.09. The molecule has 0 saturated heterocycles. The third-order valence-corrected chi connectivity index (χ3v) is 3.89. The molecule has 0 fully saturated rings. The summed E-state index contributed by atoms with van der Waals surface area (Å²) in [6, 6.07) is 15.3. The first-order valence-corrected chi connectivity index (χ1v) is 7.97. The predicted molar refractivity (Wildman–Crippen MR) is 93.9 cm³/mol. The molecule has 0 saturated carbocycles. The van der Waals surface area contributed by atoms with Crippen molar-refractivity contribution in [2.45, 2.75) is 32.7 Å². The molecule has 4 heteroatoms. The third-order valence-electron chi connectivity index (χ3n) is 3.52.